The van der Waals surface area contributed by atoms with E-state index in [9.17, 15) is 4.79 Å². The molecule has 0 unspecified atom stereocenters. The quantitative estimate of drug-likeness (QED) is 0.692. The molecule has 0 radical (unpaired) electrons. The molecular formula is C9H18N2O2. The SMILES string of the molecule is CCCCN(C(=O)O)[C@H]1CCNC1. The Hall–Kier alpha value is -0.770. The molecule has 0 aromatic heterocycles. The molecular weight excluding hydrogens is 168 g/mol. The van der Waals surface area contributed by atoms with Crippen LogP contribution < -0.4 is 5.32 Å². The third-order valence-electron chi connectivity index (χ3n) is 2.47. The van der Waals surface area contributed by atoms with E-state index in [0.29, 0.717) is 6.54 Å². The molecule has 1 atom stereocenters. The molecule has 1 aliphatic rings. The molecule has 4 nitrogen and oxygen atoms in total. The lowest BCUT2D eigenvalue weighted by molar-refractivity contribution is 0.127. The minimum absolute atomic E-state index is 0.198. The van der Waals surface area contributed by atoms with Crippen LogP contribution in [0.25, 0.3) is 0 Å². The first-order chi connectivity index (χ1) is 6.25. The first-order valence-corrected chi connectivity index (χ1v) is 4.96. The number of nitrogens with one attached hydrogen (secondary N) is 1. The lowest BCUT2D eigenvalue weighted by Gasteiger charge is -2.25. The van der Waals surface area contributed by atoms with E-state index < -0.39 is 6.09 Å². The molecule has 0 aromatic rings. The molecule has 4 heteroatoms. The summed E-state index contributed by atoms with van der Waals surface area (Å²) in [4.78, 5) is 12.5. The zero-order valence-corrected chi connectivity index (χ0v) is 8.12. The van der Waals surface area contributed by atoms with Crippen molar-refractivity contribution >= 4 is 6.09 Å². The van der Waals surface area contributed by atoms with Gasteiger partial charge in [0.25, 0.3) is 0 Å². The maximum Gasteiger partial charge on any atom is 0.407 e. The Balaban J connectivity index is 2.40. The third-order valence-corrected chi connectivity index (χ3v) is 2.47. The van der Waals surface area contributed by atoms with E-state index in [1.165, 1.54) is 0 Å². The molecule has 1 saturated heterocycles. The van der Waals surface area contributed by atoms with Crippen molar-refractivity contribution in [3.63, 3.8) is 0 Å². The van der Waals surface area contributed by atoms with Gasteiger partial charge in [-0.25, -0.2) is 4.79 Å². The fourth-order valence-electron chi connectivity index (χ4n) is 1.67. The Bertz CT molecular complexity index is 167. The van der Waals surface area contributed by atoms with Gasteiger partial charge in [0.05, 0.1) is 0 Å². The van der Waals surface area contributed by atoms with Gasteiger partial charge in [0.2, 0.25) is 0 Å². The van der Waals surface area contributed by atoms with E-state index in [0.717, 1.165) is 32.4 Å². The smallest absolute Gasteiger partial charge is 0.407 e. The molecule has 1 aliphatic heterocycles. The standard InChI is InChI=1S/C9H18N2O2/c1-2-3-6-11(9(12)13)8-4-5-10-7-8/h8,10H,2-7H2,1H3,(H,12,13)/t8-/m0/s1. The number of carbonyl (C=O) groups is 1. The van der Waals surface area contributed by atoms with Crippen LogP contribution in [0, 0.1) is 0 Å². The summed E-state index contributed by atoms with van der Waals surface area (Å²) >= 11 is 0. The van der Waals surface area contributed by atoms with Crippen molar-refractivity contribution in [3.05, 3.63) is 0 Å². The van der Waals surface area contributed by atoms with Crippen LogP contribution in [0.4, 0.5) is 4.79 Å². The Kier molecular flexibility index (Phi) is 4.02. The highest BCUT2D eigenvalue weighted by Gasteiger charge is 2.25. The minimum atomic E-state index is -0.776. The molecule has 0 bridgehead atoms. The van der Waals surface area contributed by atoms with Crippen molar-refractivity contribution in [1.29, 1.82) is 0 Å². The molecule has 0 aromatic carbocycles. The fraction of sp³-hybridized carbons (Fsp3) is 0.889. The third kappa shape index (κ3) is 2.88. The summed E-state index contributed by atoms with van der Waals surface area (Å²) in [5, 5.41) is 12.1. The summed E-state index contributed by atoms with van der Waals surface area (Å²) in [6, 6.07) is 0.198. The molecule has 2 N–H and O–H groups in total. The van der Waals surface area contributed by atoms with Gasteiger partial charge in [-0.15, -0.1) is 0 Å². The van der Waals surface area contributed by atoms with Crippen molar-refractivity contribution in [2.75, 3.05) is 19.6 Å². The lowest BCUT2D eigenvalue weighted by Crippen LogP contribution is -2.41. The van der Waals surface area contributed by atoms with E-state index in [2.05, 4.69) is 12.2 Å². The predicted molar refractivity (Wildman–Crippen MR) is 50.9 cm³/mol. The number of hydrogen-bond acceptors (Lipinski definition) is 2. The van der Waals surface area contributed by atoms with Crippen molar-refractivity contribution in [1.82, 2.24) is 10.2 Å². The lowest BCUT2D eigenvalue weighted by atomic mass is 10.2. The average Bonchev–Trinajstić information content (AvgIpc) is 2.57. The Morgan fingerprint density at radius 2 is 2.46 bits per heavy atom. The molecule has 1 heterocycles. The maximum atomic E-state index is 10.9. The van der Waals surface area contributed by atoms with E-state index in [4.69, 9.17) is 5.11 Å². The second-order valence-corrected chi connectivity index (χ2v) is 3.48. The van der Waals surface area contributed by atoms with Crippen LogP contribution in [-0.2, 0) is 0 Å². The summed E-state index contributed by atoms with van der Waals surface area (Å²) in [5.74, 6) is 0. The second-order valence-electron chi connectivity index (χ2n) is 3.48. The Morgan fingerprint density at radius 1 is 1.69 bits per heavy atom. The highest BCUT2D eigenvalue weighted by atomic mass is 16.4. The van der Waals surface area contributed by atoms with Gasteiger partial charge in [-0.1, -0.05) is 13.3 Å². The first kappa shape index (κ1) is 10.3. The molecule has 76 valence electrons. The Morgan fingerprint density at radius 3 is 2.92 bits per heavy atom. The monoisotopic (exact) mass is 186 g/mol. The van der Waals surface area contributed by atoms with Crippen molar-refractivity contribution in [2.45, 2.75) is 32.2 Å². The topological polar surface area (TPSA) is 52.6 Å². The van der Waals surface area contributed by atoms with Crippen molar-refractivity contribution in [2.24, 2.45) is 0 Å². The number of hydrogen-bond donors (Lipinski definition) is 2. The number of nitrogens with zero attached hydrogens (tertiary/aromatic N) is 1. The zero-order chi connectivity index (χ0) is 9.68. The summed E-state index contributed by atoms with van der Waals surface area (Å²) in [6.07, 6.45) is 2.19. The summed E-state index contributed by atoms with van der Waals surface area (Å²) in [6.45, 7) is 4.52. The van der Waals surface area contributed by atoms with Crippen LogP contribution in [0.3, 0.4) is 0 Å². The summed E-state index contributed by atoms with van der Waals surface area (Å²) < 4.78 is 0. The fourth-order valence-corrected chi connectivity index (χ4v) is 1.67. The zero-order valence-electron chi connectivity index (χ0n) is 8.12. The average molecular weight is 186 g/mol. The predicted octanol–water partition coefficient (Wildman–Crippen LogP) is 1.13. The molecule has 1 fully saturated rings. The molecule has 0 spiro atoms. The minimum Gasteiger partial charge on any atom is -0.465 e. The van der Waals surface area contributed by atoms with Crippen LogP contribution in [0.5, 0.6) is 0 Å². The Labute approximate surface area is 78.9 Å². The van der Waals surface area contributed by atoms with Crippen LogP contribution in [-0.4, -0.2) is 41.8 Å². The van der Waals surface area contributed by atoms with Crippen molar-refractivity contribution < 1.29 is 9.90 Å². The number of rotatable bonds is 4. The highest BCUT2D eigenvalue weighted by Crippen LogP contribution is 2.09. The molecule has 0 saturated carbocycles. The summed E-state index contributed by atoms with van der Waals surface area (Å²) in [5.41, 5.74) is 0. The molecule has 0 aliphatic carbocycles. The summed E-state index contributed by atoms with van der Waals surface area (Å²) in [7, 11) is 0. The first-order valence-electron chi connectivity index (χ1n) is 4.96. The van der Waals surface area contributed by atoms with Crippen LogP contribution in [0.15, 0.2) is 0 Å². The van der Waals surface area contributed by atoms with E-state index >= 15 is 0 Å². The maximum absolute atomic E-state index is 10.9. The number of amides is 1. The molecule has 1 amide bonds. The number of unbranched alkanes of at least 4 members (excludes halogenated alkanes) is 1. The van der Waals surface area contributed by atoms with E-state index in [1.807, 2.05) is 0 Å². The second kappa shape index (κ2) is 5.07. The largest absolute Gasteiger partial charge is 0.465 e. The van der Waals surface area contributed by atoms with Gasteiger partial charge < -0.3 is 15.3 Å². The van der Waals surface area contributed by atoms with Crippen LogP contribution in [0.1, 0.15) is 26.2 Å². The highest BCUT2D eigenvalue weighted by molar-refractivity contribution is 5.65. The van der Waals surface area contributed by atoms with Gasteiger partial charge in [-0.3, -0.25) is 0 Å². The number of carboxylic acid groups (broad SMARTS) is 1. The molecule has 13 heavy (non-hydrogen) atoms. The van der Waals surface area contributed by atoms with Gasteiger partial charge in [0.1, 0.15) is 0 Å². The van der Waals surface area contributed by atoms with Crippen LogP contribution >= 0.6 is 0 Å². The van der Waals surface area contributed by atoms with Gasteiger partial charge >= 0.3 is 6.09 Å². The molecule has 1 rings (SSSR count). The van der Waals surface area contributed by atoms with Crippen molar-refractivity contribution in [3.8, 4) is 0 Å². The van der Waals surface area contributed by atoms with Gasteiger partial charge in [0.15, 0.2) is 0 Å². The van der Waals surface area contributed by atoms with Gasteiger partial charge in [0, 0.05) is 19.1 Å². The van der Waals surface area contributed by atoms with E-state index in [-0.39, 0.29) is 6.04 Å². The van der Waals surface area contributed by atoms with Gasteiger partial charge in [-0.2, -0.15) is 0 Å². The normalized spacial score (nSPS) is 21.8. The van der Waals surface area contributed by atoms with E-state index in [1.54, 1.807) is 4.90 Å². The van der Waals surface area contributed by atoms with Gasteiger partial charge in [-0.05, 0) is 19.4 Å². The van der Waals surface area contributed by atoms with Crippen LogP contribution in [0.2, 0.25) is 0 Å².